The molecule has 0 saturated heterocycles. The average molecular weight is 505 g/mol. The molecule has 0 radical (unpaired) electrons. The predicted octanol–water partition coefficient (Wildman–Crippen LogP) is 6.28. The number of ketones is 2. The first-order chi connectivity index (χ1) is 18.4. The van der Waals surface area contributed by atoms with Crippen LogP contribution in [0, 0.1) is 5.41 Å². The van der Waals surface area contributed by atoms with E-state index in [0.29, 0.717) is 41.0 Å². The number of rotatable bonds is 8. The van der Waals surface area contributed by atoms with Gasteiger partial charge in [0, 0.05) is 5.56 Å². The van der Waals surface area contributed by atoms with E-state index in [1.807, 2.05) is 44.2 Å². The van der Waals surface area contributed by atoms with E-state index in [2.05, 4.69) is 47.7 Å². The molecule has 0 bridgehead atoms. The standard InChI is InChI=1S/C32H32N4O2/c1-5-9-20-10-12-21(13-11-20)24-18-25(36-28-26(24)27(33)34-19-35-28)22-14-16-23(17-15-22)32(8-4)29(37)31(6-2,7-3)30(32)38/h8,10-19H,4-7,9H2,1-3H3,(H2,33,34,35,36). The Bertz CT molecular complexity index is 1530. The molecule has 1 fully saturated rings. The number of nitrogens with two attached hydrogens (primary N) is 1. The third-order valence-electron chi connectivity index (χ3n) is 8.17. The van der Waals surface area contributed by atoms with Crippen LogP contribution in [0.15, 0.2) is 73.6 Å². The number of aryl methyl sites for hydroxylation is 1. The minimum atomic E-state index is -1.28. The Labute approximate surface area is 223 Å². The van der Waals surface area contributed by atoms with E-state index in [1.54, 1.807) is 0 Å². The van der Waals surface area contributed by atoms with Gasteiger partial charge in [0.2, 0.25) is 0 Å². The molecule has 1 aliphatic carbocycles. The van der Waals surface area contributed by atoms with Gasteiger partial charge < -0.3 is 5.73 Å². The van der Waals surface area contributed by atoms with Crippen molar-refractivity contribution in [2.75, 3.05) is 5.73 Å². The fraction of sp³-hybridized carbons (Fsp3) is 0.281. The van der Waals surface area contributed by atoms with Crippen molar-refractivity contribution < 1.29 is 9.59 Å². The lowest BCUT2D eigenvalue weighted by atomic mass is 9.46. The van der Waals surface area contributed by atoms with Gasteiger partial charge in [0.1, 0.15) is 17.6 Å². The van der Waals surface area contributed by atoms with Gasteiger partial charge in [-0.05, 0) is 47.6 Å². The molecule has 0 amide bonds. The maximum atomic E-state index is 13.4. The zero-order chi connectivity index (χ0) is 27.1. The zero-order valence-electron chi connectivity index (χ0n) is 22.1. The summed E-state index contributed by atoms with van der Waals surface area (Å²) >= 11 is 0. The smallest absolute Gasteiger partial charge is 0.168 e. The van der Waals surface area contributed by atoms with Gasteiger partial charge in [0.05, 0.1) is 16.5 Å². The predicted molar refractivity (Wildman–Crippen MR) is 152 cm³/mol. The lowest BCUT2D eigenvalue weighted by Crippen LogP contribution is -2.68. The summed E-state index contributed by atoms with van der Waals surface area (Å²) in [5.41, 5.74) is 9.97. The van der Waals surface area contributed by atoms with Gasteiger partial charge in [-0.15, -0.1) is 6.58 Å². The molecule has 2 heterocycles. The van der Waals surface area contributed by atoms with Crippen LogP contribution in [-0.2, 0) is 21.4 Å². The first-order valence-corrected chi connectivity index (χ1v) is 13.2. The first kappa shape index (κ1) is 25.5. The molecule has 2 aromatic carbocycles. The molecule has 6 nitrogen and oxygen atoms in total. The van der Waals surface area contributed by atoms with Crippen molar-refractivity contribution in [2.45, 2.75) is 51.9 Å². The Balaban J connectivity index is 1.58. The van der Waals surface area contributed by atoms with Crippen LogP contribution in [0.3, 0.4) is 0 Å². The topological polar surface area (TPSA) is 98.8 Å². The summed E-state index contributed by atoms with van der Waals surface area (Å²) in [4.78, 5) is 40.1. The SMILES string of the molecule is C=CC1(c2ccc(-c3cc(-c4ccc(CCC)cc4)c4c(N)ncnc4n3)cc2)C(=O)C(CC)(CC)C1=O. The molecule has 0 spiro atoms. The second-order valence-electron chi connectivity index (χ2n) is 10.00. The van der Waals surface area contributed by atoms with Gasteiger partial charge in [-0.25, -0.2) is 15.0 Å². The number of aromatic nitrogens is 3. The molecule has 1 aliphatic rings. The van der Waals surface area contributed by atoms with Crippen LogP contribution < -0.4 is 5.73 Å². The van der Waals surface area contributed by atoms with E-state index in [-0.39, 0.29) is 11.6 Å². The largest absolute Gasteiger partial charge is 0.383 e. The summed E-state index contributed by atoms with van der Waals surface area (Å²) in [6.07, 6.45) is 6.04. The van der Waals surface area contributed by atoms with Gasteiger partial charge in [-0.3, -0.25) is 9.59 Å². The van der Waals surface area contributed by atoms with E-state index >= 15 is 0 Å². The van der Waals surface area contributed by atoms with Gasteiger partial charge in [-0.1, -0.05) is 81.8 Å². The molecule has 0 unspecified atom stereocenters. The quantitative estimate of drug-likeness (QED) is 0.224. The normalized spacial score (nSPS) is 15.9. The number of nitrogens with zero attached hydrogens (tertiary/aromatic N) is 3. The number of fused-ring (bicyclic) bond motifs is 1. The van der Waals surface area contributed by atoms with E-state index < -0.39 is 10.8 Å². The number of carbonyl (C=O) groups is 2. The summed E-state index contributed by atoms with van der Waals surface area (Å²) in [6.45, 7) is 9.83. The van der Waals surface area contributed by atoms with Crippen LogP contribution in [0.25, 0.3) is 33.4 Å². The number of Topliss-reactive ketones (excluding diaryl/α,β-unsaturated/α-hetero) is 2. The average Bonchev–Trinajstić information content (AvgIpc) is 2.95. The number of benzene rings is 2. The molecule has 6 heteroatoms. The lowest BCUT2D eigenvalue weighted by molar-refractivity contribution is -0.161. The Morgan fingerprint density at radius 3 is 2.11 bits per heavy atom. The van der Waals surface area contributed by atoms with Gasteiger partial charge >= 0.3 is 0 Å². The zero-order valence-corrected chi connectivity index (χ0v) is 22.1. The monoisotopic (exact) mass is 504 g/mol. The number of nitrogen functional groups attached to an aromatic ring is 1. The molecule has 2 aromatic heterocycles. The molecule has 4 aromatic rings. The van der Waals surface area contributed by atoms with Crippen LogP contribution in [-0.4, -0.2) is 26.5 Å². The van der Waals surface area contributed by atoms with Crippen molar-refractivity contribution in [1.82, 2.24) is 15.0 Å². The number of hydrogen-bond donors (Lipinski definition) is 1. The molecule has 2 N–H and O–H groups in total. The molecular formula is C32H32N4O2. The van der Waals surface area contributed by atoms with Crippen molar-refractivity contribution in [3.8, 4) is 22.4 Å². The summed E-state index contributed by atoms with van der Waals surface area (Å²) in [5.74, 6) is 0.252. The Morgan fingerprint density at radius 1 is 0.895 bits per heavy atom. The van der Waals surface area contributed by atoms with Crippen LogP contribution in [0.4, 0.5) is 5.82 Å². The minimum Gasteiger partial charge on any atom is -0.383 e. The Morgan fingerprint density at radius 2 is 1.53 bits per heavy atom. The second kappa shape index (κ2) is 9.60. The van der Waals surface area contributed by atoms with E-state index in [0.717, 1.165) is 29.5 Å². The first-order valence-electron chi connectivity index (χ1n) is 13.2. The molecule has 38 heavy (non-hydrogen) atoms. The maximum absolute atomic E-state index is 13.4. The van der Waals surface area contributed by atoms with Crippen LogP contribution in [0.1, 0.15) is 51.2 Å². The van der Waals surface area contributed by atoms with Crippen LogP contribution in [0.5, 0.6) is 0 Å². The van der Waals surface area contributed by atoms with Crippen LogP contribution in [0.2, 0.25) is 0 Å². The summed E-state index contributed by atoms with van der Waals surface area (Å²) in [5, 5.41) is 0.711. The number of allylic oxidation sites excluding steroid dienone is 1. The molecule has 0 aliphatic heterocycles. The van der Waals surface area contributed by atoms with Gasteiger partial charge in [-0.2, -0.15) is 0 Å². The lowest BCUT2D eigenvalue weighted by Gasteiger charge is -2.50. The highest BCUT2D eigenvalue weighted by atomic mass is 16.2. The third kappa shape index (κ3) is 3.58. The summed E-state index contributed by atoms with van der Waals surface area (Å²) in [7, 11) is 0. The summed E-state index contributed by atoms with van der Waals surface area (Å²) < 4.78 is 0. The van der Waals surface area contributed by atoms with Crippen molar-refractivity contribution in [1.29, 1.82) is 0 Å². The third-order valence-corrected chi connectivity index (χ3v) is 8.17. The number of carbonyl (C=O) groups excluding carboxylic acids is 2. The molecule has 1 saturated carbocycles. The highest BCUT2D eigenvalue weighted by Gasteiger charge is 2.68. The number of hydrogen-bond acceptors (Lipinski definition) is 6. The molecule has 192 valence electrons. The Kier molecular flexibility index (Phi) is 6.43. The molecule has 5 rings (SSSR count). The number of anilines is 1. The highest BCUT2D eigenvalue weighted by molar-refractivity contribution is 6.36. The van der Waals surface area contributed by atoms with Gasteiger partial charge in [0.25, 0.3) is 0 Å². The second-order valence-corrected chi connectivity index (χ2v) is 10.00. The van der Waals surface area contributed by atoms with Crippen molar-refractivity contribution in [3.63, 3.8) is 0 Å². The molecular weight excluding hydrogens is 472 g/mol. The number of pyridine rings is 1. The summed E-state index contributed by atoms with van der Waals surface area (Å²) in [6, 6.07) is 17.9. The fourth-order valence-electron chi connectivity index (χ4n) is 5.86. The van der Waals surface area contributed by atoms with E-state index in [9.17, 15) is 9.59 Å². The minimum absolute atomic E-state index is 0.0624. The Hall–Kier alpha value is -4.19. The van der Waals surface area contributed by atoms with Gasteiger partial charge in [0.15, 0.2) is 17.2 Å². The van der Waals surface area contributed by atoms with Crippen LogP contribution >= 0.6 is 0 Å². The maximum Gasteiger partial charge on any atom is 0.168 e. The van der Waals surface area contributed by atoms with Crippen molar-refractivity contribution >= 4 is 28.4 Å². The van der Waals surface area contributed by atoms with E-state index in [4.69, 9.17) is 10.7 Å². The fourth-order valence-corrected chi connectivity index (χ4v) is 5.86. The van der Waals surface area contributed by atoms with Crippen molar-refractivity contribution in [2.24, 2.45) is 5.41 Å². The van der Waals surface area contributed by atoms with E-state index in [1.165, 1.54) is 18.0 Å². The molecule has 0 atom stereocenters. The van der Waals surface area contributed by atoms with Crippen molar-refractivity contribution in [3.05, 3.63) is 84.7 Å². The highest BCUT2D eigenvalue weighted by Crippen LogP contribution is 2.53.